The first-order chi connectivity index (χ1) is 7.59. The summed E-state index contributed by atoms with van der Waals surface area (Å²) >= 11 is 0. The summed E-state index contributed by atoms with van der Waals surface area (Å²) in [6, 6.07) is 4.52. The van der Waals surface area contributed by atoms with Crippen molar-refractivity contribution < 1.29 is 9.50 Å². The molecule has 1 aromatic carbocycles. The molecule has 0 radical (unpaired) electrons. The maximum absolute atomic E-state index is 13.1. The van der Waals surface area contributed by atoms with Crippen LogP contribution in [-0.4, -0.2) is 20.1 Å². The molecule has 1 unspecified atom stereocenters. The minimum absolute atomic E-state index is 0.279. The molecule has 1 heterocycles. The smallest absolute Gasteiger partial charge is 0.126 e. The predicted octanol–water partition coefficient (Wildman–Crippen LogP) is 1.34. The van der Waals surface area contributed by atoms with Crippen LogP contribution in [0.1, 0.15) is 22.9 Å². The zero-order valence-electron chi connectivity index (χ0n) is 9.05. The molecule has 0 saturated heterocycles. The van der Waals surface area contributed by atoms with Gasteiger partial charge in [-0.1, -0.05) is 17.3 Å². The molecule has 2 rings (SSSR count). The molecule has 1 N–H and O–H groups in total. The van der Waals surface area contributed by atoms with E-state index in [4.69, 9.17) is 0 Å². The zero-order valence-corrected chi connectivity index (χ0v) is 9.05. The van der Waals surface area contributed by atoms with Crippen molar-refractivity contribution in [3.05, 3.63) is 47.0 Å². The molecule has 4 nitrogen and oxygen atoms in total. The van der Waals surface area contributed by atoms with Gasteiger partial charge < -0.3 is 5.11 Å². The lowest BCUT2D eigenvalue weighted by atomic mass is 10.0. The minimum atomic E-state index is -0.834. The van der Waals surface area contributed by atoms with Crippen LogP contribution in [0, 0.1) is 12.7 Å². The summed E-state index contributed by atoms with van der Waals surface area (Å²) in [5, 5.41) is 17.5. The van der Waals surface area contributed by atoms with Gasteiger partial charge in [-0.15, -0.1) is 5.10 Å². The molecule has 1 atom stereocenters. The second-order valence-electron chi connectivity index (χ2n) is 3.69. The van der Waals surface area contributed by atoms with Gasteiger partial charge in [0.05, 0.1) is 11.9 Å². The summed E-state index contributed by atoms with van der Waals surface area (Å²) in [6.07, 6.45) is 0.655. The molecule has 16 heavy (non-hydrogen) atoms. The predicted molar refractivity (Wildman–Crippen MR) is 56.2 cm³/mol. The number of rotatable bonds is 2. The van der Waals surface area contributed by atoms with Crippen LogP contribution in [0.15, 0.2) is 24.4 Å². The van der Waals surface area contributed by atoms with Crippen LogP contribution in [0.5, 0.6) is 0 Å². The molecule has 0 saturated carbocycles. The fraction of sp³-hybridized carbons (Fsp3) is 0.273. The third kappa shape index (κ3) is 1.81. The van der Waals surface area contributed by atoms with Crippen LogP contribution in [0.2, 0.25) is 0 Å². The van der Waals surface area contributed by atoms with Crippen molar-refractivity contribution in [2.75, 3.05) is 0 Å². The third-order valence-electron chi connectivity index (χ3n) is 2.53. The molecule has 84 valence electrons. The van der Waals surface area contributed by atoms with Gasteiger partial charge in [0.15, 0.2) is 0 Å². The maximum atomic E-state index is 13.1. The quantitative estimate of drug-likeness (QED) is 0.832. The van der Waals surface area contributed by atoms with Gasteiger partial charge in [0.25, 0.3) is 0 Å². The largest absolute Gasteiger partial charge is 0.382 e. The highest BCUT2D eigenvalue weighted by atomic mass is 19.1. The lowest BCUT2D eigenvalue weighted by molar-refractivity contribution is 0.209. The highest BCUT2D eigenvalue weighted by Crippen LogP contribution is 2.22. The van der Waals surface area contributed by atoms with E-state index >= 15 is 0 Å². The second kappa shape index (κ2) is 4.02. The number of aliphatic hydroxyl groups excluding tert-OH is 1. The fourth-order valence-corrected chi connectivity index (χ4v) is 1.55. The van der Waals surface area contributed by atoms with E-state index in [1.54, 1.807) is 26.1 Å². The van der Waals surface area contributed by atoms with E-state index in [0.717, 1.165) is 0 Å². The summed E-state index contributed by atoms with van der Waals surface area (Å²) in [6.45, 7) is 1.66. The van der Waals surface area contributed by atoms with Crippen molar-refractivity contribution in [3.63, 3.8) is 0 Å². The van der Waals surface area contributed by atoms with Crippen molar-refractivity contribution in [1.82, 2.24) is 15.0 Å². The van der Waals surface area contributed by atoms with Crippen LogP contribution in [0.4, 0.5) is 4.39 Å². The molecule has 5 heteroatoms. The van der Waals surface area contributed by atoms with Gasteiger partial charge in [-0.2, -0.15) is 0 Å². The molecular formula is C11H12FN3O. The number of nitrogens with zero attached hydrogens (tertiary/aromatic N) is 3. The summed E-state index contributed by atoms with van der Waals surface area (Å²) < 4.78 is 14.6. The number of halogens is 1. The molecule has 2 aromatic rings. The summed E-state index contributed by atoms with van der Waals surface area (Å²) in [5.74, 6) is -0.279. The molecule has 0 fully saturated rings. The van der Waals surface area contributed by atoms with Gasteiger partial charge >= 0.3 is 0 Å². The standard InChI is InChI=1S/C11H12FN3O/c1-7-5-8(3-4-9(7)12)11(16)10-6-13-14-15(10)2/h3-6,11,16H,1-2H3. The Morgan fingerprint density at radius 2 is 2.19 bits per heavy atom. The average molecular weight is 221 g/mol. The molecular weight excluding hydrogens is 209 g/mol. The van der Waals surface area contributed by atoms with E-state index in [2.05, 4.69) is 10.3 Å². The van der Waals surface area contributed by atoms with Crippen molar-refractivity contribution >= 4 is 0 Å². The lowest BCUT2D eigenvalue weighted by Crippen LogP contribution is -2.07. The van der Waals surface area contributed by atoms with Gasteiger partial charge in [0, 0.05) is 7.05 Å². The zero-order chi connectivity index (χ0) is 11.7. The number of benzene rings is 1. The topological polar surface area (TPSA) is 50.9 Å². The Morgan fingerprint density at radius 3 is 2.75 bits per heavy atom. The Hall–Kier alpha value is -1.75. The molecule has 1 aromatic heterocycles. The first-order valence-electron chi connectivity index (χ1n) is 4.88. The van der Waals surface area contributed by atoms with E-state index in [1.165, 1.54) is 16.9 Å². The highest BCUT2D eigenvalue weighted by molar-refractivity contribution is 5.29. The molecule has 0 bridgehead atoms. The van der Waals surface area contributed by atoms with E-state index in [0.29, 0.717) is 16.8 Å². The van der Waals surface area contributed by atoms with Crippen LogP contribution in [-0.2, 0) is 7.05 Å². The van der Waals surface area contributed by atoms with Gasteiger partial charge in [0.2, 0.25) is 0 Å². The van der Waals surface area contributed by atoms with E-state index in [9.17, 15) is 9.50 Å². The van der Waals surface area contributed by atoms with Crippen LogP contribution < -0.4 is 0 Å². The fourth-order valence-electron chi connectivity index (χ4n) is 1.55. The van der Waals surface area contributed by atoms with Crippen molar-refractivity contribution in [3.8, 4) is 0 Å². The van der Waals surface area contributed by atoms with E-state index in [1.807, 2.05) is 0 Å². The van der Waals surface area contributed by atoms with Gasteiger partial charge in [-0.05, 0) is 24.1 Å². The first kappa shape index (κ1) is 10.8. The van der Waals surface area contributed by atoms with Gasteiger partial charge in [-0.3, -0.25) is 0 Å². The maximum Gasteiger partial charge on any atom is 0.126 e. The highest BCUT2D eigenvalue weighted by Gasteiger charge is 2.15. The molecule has 0 spiro atoms. The molecule has 0 aliphatic carbocycles. The molecule has 0 aliphatic rings. The second-order valence-corrected chi connectivity index (χ2v) is 3.69. The summed E-state index contributed by atoms with van der Waals surface area (Å²) in [5.41, 5.74) is 1.71. The first-order valence-corrected chi connectivity index (χ1v) is 4.88. The molecule has 0 amide bonds. The SMILES string of the molecule is Cc1cc(C(O)c2cnnn2C)ccc1F. The van der Waals surface area contributed by atoms with Crippen molar-refractivity contribution in [2.24, 2.45) is 7.05 Å². The van der Waals surface area contributed by atoms with Crippen molar-refractivity contribution in [1.29, 1.82) is 0 Å². The van der Waals surface area contributed by atoms with Gasteiger partial charge in [0.1, 0.15) is 11.9 Å². The Labute approximate surface area is 92.3 Å². The minimum Gasteiger partial charge on any atom is -0.382 e. The Balaban J connectivity index is 2.38. The Bertz CT molecular complexity index is 510. The average Bonchev–Trinajstić information content (AvgIpc) is 2.67. The van der Waals surface area contributed by atoms with Crippen molar-refractivity contribution in [2.45, 2.75) is 13.0 Å². The summed E-state index contributed by atoms with van der Waals surface area (Å²) in [7, 11) is 1.70. The number of hydrogen-bond acceptors (Lipinski definition) is 3. The number of aromatic nitrogens is 3. The normalized spacial score (nSPS) is 12.8. The van der Waals surface area contributed by atoms with Crippen LogP contribution >= 0.6 is 0 Å². The number of aryl methyl sites for hydroxylation is 2. The van der Waals surface area contributed by atoms with E-state index < -0.39 is 6.10 Å². The molecule has 0 aliphatic heterocycles. The third-order valence-corrected chi connectivity index (χ3v) is 2.53. The lowest BCUT2D eigenvalue weighted by Gasteiger charge is -2.11. The van der Waals surface area contributed by atoms with E-state index in [-0.39, 0.29) is 5.82 Å². The van der Waals surface area contributed by atoms with Crippen LogP contribution in [0.25, 0.3) is 0 Å². The monoisotopic (exact) mass is 221 g/mol. The summed E-state index contributed by atoms with van der Waals surface area (Å²) in [4.78, 5) is 0. The van der Waals surface area contributed by atoms with Crippen LogP contribution in [0.3, 0.4) is 0 Å². The Morgan fingerprint density at radius 1 is 1.44 bits per heavy atom. The Kier molecular flexibility index (Phi) is 2.70. The number of aliphatic hydroxyl groups is 1. The van der Waals surface area contributed by atoms with Gasteiger partial charge in [-0.25, -0.2) is 9.07 Å². The number of hydrogen-bond donors (Lipinski definition) is 1.